The molecule has 0 atom stereocenters. The molecule has 0 aliphatic heterocycles. The Hall–Kier alpha value is -2.18. The average molecular weight is 439 g/mol. The topological polar surface area (TPSA) is 48.3 Å². The van der Waals surface area contributed by atoms with Gasteiger partial charge in [-0.05, 0) is 36.8 Å². The fourth-order valence-electron chi connectivity index (χ4n) is 2.66. The summed E-state index contributed by atoms with van der Waals surface area (Å²) >= 11 is 9.28. The molecular formula is C19H14BrClFNO3. The van der Waals surface area contributed by atoms with Crippen LogP contribution < -0.4 is 5.43 Å². The van der Waals surface area contributed by atoms with E-state index in [1.165, 1.54) is 12.3 Å². The smallest absolute Gasteiger partial charge is 0.343 e. The van der Waals surface area contributed by atoms with Crippen LogP contribution in [0.4, 0.5) is 4.39 Å². The molecule has 3 rings (SSSR count). The number of pyridine rings is 1. The highest BCUT2D eigenvalue weighted by Crippen LogP contribution is 2.23. The van der Waals surface area contributed by atoms with Crippen LogP contribution in [-0.2, 0) is 11.3 Å². The Kier molecular flexibility index (Phi) is 5.44. The van der Waals surface area contributed by atoms with Gasteiger partial charge in [0.1, 0.15) is 11.4 Å². The highest BCUT2D eigenvalue weighted by atomic mass is 79.9. The molecule has 7 heteroatoms. The van der Waals surface area contributed by atoms with Crippen molar-refractivity contribution in [1.82, 2.24) is 4.57 Å². The molecule has 0 amide bonds. The Morgan fingerprint density at radius 3 is 2.62 bits per heavy atom. The third-order valence-electron chi connectivity index (χ3n) is 3.88. The number of halogens is 3. The zero-order chi connectivity index (χ0) is 18.8. The highest BCUT2D eigenvalue weighted by Gasteiger charge is 2.18. The van der Waals surface area contributed by atoms with Crippen LogP contribution in [-0.4, -0.2) is 17.1 Å². The van der Waals surface area contributed by atoms with E-state index in [9.17, 15) is 14.0 Å². The normalized spacial score (nSPS) is 10.9. The van der Waals surface area contributed by atoms with Gasteiger partial charge in [-0.25, -0.2) is 9.18 Å². The van der Waals surface area contributed by atoms with Crippen molar-refractivity contribution in [3.8, 4) is 0 Å². The summed E-state index contributed by atoms with van der Waals surface area (Å²) in [5.74, 6) is -1.45. The molecule has 134 valence electrons. The maximum absolute atomic E-state index is 13.9. The first-order valence-corrected chi connectivity index (χ1v) is 9.01. The van der Waals surface area contributed by atoms with Gasteiger partial charge in [0.25, 0.3) is 0 Å². The Labute approximate surface area is 162 Å². The van der Waals surface area contributed by atoms with E-state index in [4.69, 9.17) is 16.3 Å². The highest BCUT2D eigenvalue weighted by molar-refractivity contribution is 9.10. The second-order valence-corrected chi connectivity index (χ2v) is 6.95. The van der Waals surface area contributed by atoms with Crippen LogP contribution in [0.1, 0.15) is 22.8 Å². The maximum atomic E-state index is 13.9. The van der Waals surface area contributed by atoms with Gasteiger partial charge in [-0.3, -0.25) is 4.79 Å². The van der Waals surface area contributed by atoms with Crippen LogP contribution in [0, 0.1) is 5.82 Å². The Morgan fingerprint density at radius 2 is 1.96 bits per heavy atom. The molecule has 26 heavy (non-hydrogen) atoms. The van der Waals surface area contributed by atoms with Gasteiger partial charge in [0.2, 0.25) is 5.43 Å². The predicted molar refractivity (Wildman–Crippen MR) is 102 cm³/mol. The second-order valence-electron chi connectivity index (χ2n) is 5.63. The molecule has 0 bridgehead atoms. The number of fused-ring (bicyclic) bond motifs is 1. The fraction of sp³-hybridized carbons (Fsp3) is 0.158. The molecule has 0 unspecified atom stereocenters. The predicted octanol–water partition coefficient (Wildman–Crippen LogP) is 4.78. The molecule has 0 aliphatic carbocycles. The van der Waals surface area contributed by atoms with Crippen LogP contribution >= 0.6 is 27.5 Å². The van der Waals surface area contributed by atoms with E-state index in [1.54, 1.807) is 11.5 Å². The largest absolute Gasteiger partial charge is 0.462 e. The third-order valence-corrected chi connectivity index (χ3v) is 4.70. The minimum absolute atomic E-state index is 0.0783. The maximum Gasteiger partial charge on any atom is 0.343 e. The first-order valence-electron chi connectivity index (χ1n) is 7.84. The molecule has 0 aliphatic rings. The van der Waals surface area contributed by atoms with Crippen molar-refractivity contribution in [1.29, 1.82) is 0 Å². The van der Waals surface area contributed by atoms with Crippen molar-refractivity contribution >= 4 is 44.4 Å². The van der Waals surface area contributed by atoms with Crippen LogP contribution in [0.5, 0.6) is 0 Å². The van der Waals surface area contributed by atoms with E-state index in [0.717, 1.165) is 16.1 Å². The number of carbonyl (C=O) groups is 1. The van der Waals surface area contributed by atoms with Crippen LogP contribution in [0.3, 0.4) is 0 Å². The Bertz CT molecular complexity index is 1050. The molecule has 0 saturated carbocycles. The van der Waals surface area contributed by atoms with Crippen molar-refractivity contribution in [2.24, 2.45) is 0 Å². The third kappa shape index (κ3) is 3.66. The minimum Gasteiger partial charge on any atom is -0.462 e. The average Bonchev–Trinajstić information content (AvgIpc) is 2.61. The number of rotatable bonds is 4. The summed E-state index contributed by atoms with van der Waals surface area (Å²) in [6.45, 7) is 2.16. The summed E-state index contributed by atoms with van der Waals surface area (Å²) in [6.07, 6.45) is 1.43. The summed E-state index contributed by atoms with van der Waals surface area (Å²) in [7, 11) is 0. The van der Waals surface area contributed by atoms with Crippen molar-refractivity contribution in [3.05, 3.63) is 79.3 Å². The Morgan fingerprint density at radius 1 is 1.27 bits per heavy atom. The van der Waals surface area contributed by atoms with E-state index in [0.29, 0.717) is 12.1 Å². The van der Waals surface area contributed by atoms with E-state index in [1.807, 2.05) is 24.3 Å². The monoisotopic (exact) mass is 437 g/mol. The number of hydrogen-bond donors (Lipinski definition) is 0. The van der Waals surface area contributed by atoms with Gasteiger partial charge >= 0.3 is 5.97 Å². The summed E-state index contributed by atoms with van der Waals surface area (Å²) in [6, 6.07) is 10.0. The van der Waals surface area contributed by atoms with Crippen molar-refractivity contribution in [2.45, 2.75) is 13.5 Å². The van der Waals surface area contributed by atoms with Gasteiger partial charge in [-0.1, -0.05) is 39.7 Å². The number of ether oxygens (including phenoxy) is 1. The molecule has 1 aromatic heterocycles. The number of esters is 1. The molecule has 0 spiro atoms. The van der Waals surface area contributed by atoms with Gasteiger partial charge in [0.05, 0.1) is 17.1 Å². The van der Waals surface area contributed by atoms with Crippen LogP contribution in [0.25, 0.3) is 10.9 Å². The number of aromatic nitrogens is 1. The lowest BCUT2D eigenvalue weighted by atomic mass is 10.1. The summed E-state index contributed by atoms with van der Waals surface area (Å²) in [5.41, 5.74) is 0.657. The second kappa shape index (κ2) is 7.60. The lowest BCUT2D eigenvalue weighted by molar-refractivity contribution is 0.0524. The van der Waals surface area contributed by atoms with E-state index < -0.39 is 17.2 Å². The number of hydrogen-bond acceptors (Lipinski definition) is 3. The number of carbonyl (C=O) groups excluding carboxylic acids is 1. The summed E-state index contributed by atoms with van der Waals surface area (Å²) in [4.78, 5) is 24.8. The summed E-state index contributed by atoms with van der Waals surface area (Å²) in [5, 5.41) is -0.0140. The van der Waals surface area contributed by atoms with E-state index in [2.05, 4.69) is 15.9 Å². The van der Waals surface area contributed by atoms with Gasteiger partial charge in [0, 0.05) is 22.6 Å². The van der Waals surface area contributed by atoms with Gasteiger partial charge in [-0.2, -0.15) is 0 Å². The molecular weight excluding hydrogens is 425 g/mol. The lowest BCUT2D eigenvalue weighted by Gasteiger charge is -2.14. The molecule has 4 nitrogen and oxygen atoms in total. The first kappa shape index (κ1) is 18.6. The Balaban J connectivity index is 2.23. The zero-order valence-corrected chi connectivity index (χ0v) is 16.1. The zero-order valence-electron chi connectivity index (χ0n) is 13.8. The molecule has 0 N–H and O–H groups in total. The summed E-state index contributed by atoms with van der Waals surface area (Å²) < 4.78 is 21.5. The molecule has 3 aromatic rings. The molecule has 1 heterocycles. The van der Waals surface area contributed by atoms with Crippen molar-refractivity contribution < 1.29 is 13.9 Å². The molecule has 2 aromatic carbocycles. The number of benzene rings is 2. The van der Waals surface area contributed by atoms with Crippen molar-refractivity contribution in [3.63, 3.8) is 0 Å². The van der Waals surface area contributed by atoms with Crippen LogP contribution in [0.2, 0.25) is 5.02 Å². The van der Waals surface area contributed by atoms with E-state index in [-0.39, 0.29) is 22.6 Å². The SMILES string of the molecule is CCOC(=O)c1cn(Cc2ccc(Br)cc2)c2cc(Cl)c(F)cc2c1=O. The quantitative estimate of drug-likeness (QED) is 0.551. The van der Waals surface area contributed by atoms with E-state index >= 15 is 0 Å². The molecule has 0 saturated heterocycles. The fourth-order valence-corrected chi connectivity index (χ4v) is 3.08. The van der Waals surface area contributed by atoms with Crippen molar-refractivity contribution in [2.75, 3.05) is 6.61 Å². The van der Waals surface area contributed by atoms with Crippen LogP contribution in [0.15, 0.2) is 51.9 Å². The lowest BCUT2D eigenvalue weighted by Crippen LogP contribution is -2.21. The molecule has 0 fully saturated rings. The van der Waals surface area contributed by atoms with Gasteiger partial charge < -0.3 is 9.30 Å². The first-order chi connectivity index (χ1) is 12.4. The van der Waals surface area contributed by atoms with Gasteiger partial charge in [-0.15, -0.1) is 0 Å². The number of nitrogens with zero attached hydrogens (tertiary/aromatic N) is 1. The molecule has 0 radical (unpaired) electrons. The standard InChI is InChI=1S/C19H14BrClFNO3/c1-2-26-19(25)14-10-23(9-11-3-5-12(20)6-4-11)17-8-15(21)16(22)7-13(17)18(14)24/h3-8,10H,2,9H2,1H3. The van der Waals surface area contributed by atoms with Gasteiger partial charge in [0.15, 0.2) is 0 Å². The minimum atomic E-state index is -0.737.